The molecule has 0 spiro atoms. The highest BCUT2D eigenvalue weighted by molar-refractivity contribution is 5.78. The first-order chi connectivity index (χ1) is 9.06. The Kier molecular flexibility index (Phi) is 6.50. The Balaban J connectivity index is 2.69. The molecule has 0 saturated carbocycles. The third kappa shape index (κ3) is 4.99. The Hall–Kier alpha value is -1.42. The number of pyridine rings is 1. The van der Waals surface area contributed by atoms with Gasteiger partial charge in [0.15, 0.2) is 0 Å². The van der Waals surface area contributed by atoms with Gasteiger partial charge in [0.1, 0.15) is 0 Å². The zero-order valence-corrected chi connectivity index (χ0v) is 12.2. The minimum atomic E-state index is 0.0302. The SMILES string of the molecule is CC(CCCN)C(=O)N(Cc1cccnc1)C(C)C. The molecule has 1 aromatic rings. The monoisotopic (exact) mass is 263 g/mol. The van der Waals surface area contributed by atoms with Gasteiger partial charge in [0.05, 0.1) is 0 Å². The molecule has 0 saturated heterocycles. The minimum absolute atomic E-state index is 0.0302. The van der Waals surface area contributed by atoms with Crippen LogP contribution in [0.15, 0.2) is 24.5 Å². The Morgan fingerprint density at radius 1 is 1.42 bits per heavy atom. The lowest BCUT2D eigenvalue weighted by Crippen LogP contribution is -2.39. The summed E-state index contributed by atoms with van der Waals surface area (Å²) in [5, 5.41) is 0. The molecule has 0 aliphatic heterocycles. The third-order valence-corrected chi connectivity index (χ3v) is 3.24. The first-order valence-electron chi connectivity index (χ1n) is 6.95. The van der Waals surface area contributed by atoms with Crippen molar-refractivity contribution in [3.63, 3.8) is 0 Å². The fraction of sp³-hybridized carbons (Fsp3) is 0.600. The number of hydrogen-bond donors (Lipinski definition) is 1. The molecule has 0 fully saturated rings. The zero-order chi connectivity index (χ0) is 14.3. The van der Waals surface area contributed by atoms with E-state index < -0.39 is 0 Å². The fourth-order valence-corrected chi connectivity index (χ4v) is 2.03. The summed E-state index contributed by atoms with van der Waals surface area (Å²) in [7, 11) is 0. The summed E-state index contributed by atoms with van der Waals surface area (Å²) in [5.74, 6) is 0.231. The molecule has 0 bridgehead atoms. The maximum absolute atomic E-state index is 12.5. The lowest BCUT2D eigenvalue weighted by Gasteiger charge is -2.29. The normalized spacial score (nSPS) is 12.5. The number of hydrogen-bond acceptors (Lipinski definition) is 3. The maximum atomic E-state index is 12.5. The lowest BCUT2D eigenvalue weighted by molar-refractivity contribution is -0.137. The van der Waals surface area contributed by atoms with Crippen LogP contribution in [0.3, 0.4) is 0 Å². The van der Waals surface area contributed by atoms with Crippen LogP contribution in [-0.2, 0) is 11.3 Å². The van der Waals surface area contributed by atoms with E-state index in [1.165, 1.54) is 0 Å². The van der Waals surface area contributed by atoms with Gasteiger partial charge < -0.3 is 10.6 Å². The number of carbonyl (C=O) groups is 1. The van der Waals surface area contributed by atoms with Gasteiger partial charge in [-0.05, 0) is 44.9 Å². The molecule has 0 aromatic carbocycles. The van der Waals surface area contributed by atoms with Crippen molar-refractivity contribution in [3.8, 4) is 0 Å². The Labute approximate surface area is 116 Å². The van der Waals surface area contributed by atoms with Gasteiger partial charge in [-0.15, -0.1) is 0 Å². The highest BCUT2D eigenvalue weighted by atomic mass is 16.2. The van der Waals surface area contributed by atoms with Crippen LogP contribution in [0.5, 0.6) is 0 Å². The molecular weight excluding hydrogens is 238 g/mol. The van der Waals surface area contributed by atoms with Gasteiger partial charge in [0.25, 0.3) is 0 Å². The van der Waals surface area contributed by atoms with Crippen molar-refractivity contribution in [1.29, 1.82) is 0 Å². The van der Waals surface area contributed by atoms with E-state index in [1.54, 1.807) is 6.20 Å². The van der Waals surface area contributed by atoms with Gasteiger partial charge in [-0.1, -0.05) is 13.0 Å². The van der Waals surface area contributed by atoms with Crippen LogP contribution in [0.1, 0.15) is 39.2 Å². The first-order valence-corrected chi connectivity index (χ1v) is 6.95. The molecule has 0 radical (unpaired) electrons. The number of aromatic nitrogens is 1. The van der Waals surface area contributed by atoms with E-state index >= 15 is 0 Å². The molecule has 1 heterocycles. The molecule has 19 heavy (non-hydrogen) atoms. The summed E-state index contributed by atoms with van der Waals surface area (Å²) >= 11 is 0. The van der Waals surface area contributed by atoms with E-state index in [2.05, 4.69) is 4.98 Å². The topological polar surface area (TPSA) is 59.2 Å². The molecule has 106 valence electrons. The average molecular weight is 263 g/mol. The maximum Gasteiger partial charge on any atom is 0.225 e. The van der Waals surface area contributed by atoms with Gasteiger partial charge in [0.2, 0.25) is 5.91 Å². The number of rotatable bonds is 7. The quantitative estimate of drug-likeness (QED) is 0.820. The molecular formula is C15H25N3O. The van der Waals surface area contributed by atoms with Crippen LogP contribution in [0.25, 0.3) is 0 Å². The Morgan fingerprint density at radius 2 is 2.16 bits per heavy atom. The molecule has 0 aliphatic rings. The van der Waals surface area contributed by atoms with E-state index in [0.717, 1.165) is 18.4 Å². The van der Waals surface area contributed by atoms with Crippen LogP contribution in [-0.4, -0.2) is 28.4 Å². The lowest BCUT2D eigenvalue weighted by atomic mass is 10.0. The number of carbonyl (C=O) groups excluding carboxylic acids is 1. The number of amides is 1. The average Bonchev–Trinajstić information content (AvgIpc) is 2.42. The van der Waals surface area contributed by atoms with Crippen molar-refractivity contribution in [2.24, 2.45) is 11.7 Å². The van der Waals surface area contributed by atoms with Gasteiger partial charge >= 0.3 is 0 Å². The summed E-state index contributed by atoms with van der Waals surface area (Å²) in [5.41, 5.74) is 6.57. The standard InChI is InChI=1S/C15H25N3O/c1-12(2)18(11-14-7-5-9-17-10-14)15(19)13(3)6-4-8-16/h5,7,9-10,12-13H,4,6,8,11,16H2,1-3H3. The van der Waals surface area contributed by atoms with Gasteiger partial charge in [-0.25, -0.2) is 0 Å². The number of nitrogens with zero attached hydrogens (tertiary/aromatic N) is 2. The summed E-state index contributed by atoms with van der Waals surface area (Å²) < 4.78 is 0. The van der Waals surface area contributed by atoms with Crippen molar-refractivity contribution < 1.29 is 4.79 Å². The summed E-state index contributed by atoms with van der Waals surface area (Å²) in [6, 6.07) is 4.09. The second-order valence-electron chi connectivity index (χ2n) is 5.25. The van der Waals surface area contributed by atoms with Gasteiger partial charge in [-0.2, -0.15) is 0 Å². The molecule has 4 nitrogen and oxygen atoms in total. The smallest absolute Gasteiger partial charge is 0.225 e. The van der Waals surface area contributed by atoms with Crippen molar-refractivity contribution in [1.82, 2.24) is 9.88 Å². The molecule has 1 aromatic heterocycles. The van der Waals surface area contributed by atoms with Crippen LogP contribution in [0.2, 0.25) is 0 Å². The molecule has 0 aliphatic carbocycles. The van der Waals surface area contributed by atoms with Crippen molar-refractivity contribution in [3.05, 3.63) is 30.1 Å². The minimum Gasteiger partial charge on any atom is -0.336 e. The van der Waals surface area contributed by atoms with Crippen LogP contribution in [0.4, 0.5) is 0 Å². The van der Waals surface area contributed by atoms with Crippen LogP contribution >= 0.6 is 0 Å². The largest absolute Gasteiger partial charge is 0.336 e. The van der Waals surface area contributed by atoms with Crippen LogP contribution in [0, 0.1) is 5.92 Å². The van der Waals surface area contributed by atoms with Crippen molar-refractivity contribution >= 4 is 5.91 Å². The Bertz CT molecular complexity index is 378. The Morgan fingerprint density at radius 3 is 2.68 bits per heavy atom. The molecule has 2 N–H and O–H groups in total. The predicted octanol–water partition coefficient (Wildman–Crippen LogP) is 2.19. The summed E-state index contributed by atoms with van der Waals surface area (Å²) in [6.45, 7) is 7.34. The molecule has 1 unspecified atom stereocenters. The van der Waals surface area contributed by atoms with E-state index in [-0.39, 0.29) is 17.9 Å². The fourth-order valence-electron chi connectivity index (χ4n) is 2.03. The van der Waals surface area contributed by atoms with Crippen LogP contribution < -0.4 is 5.73 Å². The zero-order valence-electron chi connectivity index (χ0n) is 12.2. The second kappa shape index (κ2) is 7.89. The third-order valence-electron chi connectivity index (χ3n) is 3.24. The highest BCUT2D eigenvalue weighted by Crippen LogP contribution is 2.15. The van der Waals surface area contributed by atoms with Crippen molar-refractivity contribution in [2.45, 2.75) is 46.2 Å². The van der Waals surface area contributed by atoms with E-state index in [1.807, 2.05) is 44.0 Å². The highest BCUT2D eigenvalue weighted by Gasteiger charge is 2.22. The summed E-state index contributed by atoms with van der Waals surface area (Å²) in [4.78, 5) is 18.5. The van der Waals surface area contributed by atoms with Gasteiger partial charge in [0, 0.05) is 30.9 Å². The van der Waals surface area contributed by atoms with Gasteiger partial charge in [-0.3, -0.25) is 9.78 Å². The molecule has 1 amide bonds. The van der Waals surface area contributed by atoms with E-state index in [9.17, 15) is 4.79 Å². The summed E-state index contributed by atoms with van der Waals surface area (Å²) in [6.07, 6.45) is 5.31. The molecule has 1 rings (SSSR count). The molecule has 1 atom stereocenters. The second-order valence-corrected chi connectivity index (χ2v) is 5.25. The molecule has 4 heteroatoms. The van der Waals surface area contributed by atoms with Crippen molar-refractivity contribution in [2.75, 3.05) is 6.54 Å². The number of nitrogens with two attached hydrogens (primary N) is 1. The predicted molar refractivity (Wildman–Crippen MR) is 77.4 cm³/mol. The first kappa shape index (κ1) is 15.6. The van der Waals surface area contributed by atoms with E-state index in [0.29, 0.717) is 13.1 Å². The van der Waals surface area contributed by atoms with E-state index in [4.69, 9.17) is 5.73 Å².